The van der Waals surface area contributed by atoms with Gasteiger partial charge in [-0.1, -0.05) is 25.0 Å². The molecule has 2 aliphatic rings. The van der Waals surface area contributed by atoms with Gasteiger partial charge in [0.1, 0.15) is 22.4 Å². The molecule has 0 unspecified atom stereocenters. The van der Waals surface area contributed by atoms with Crippen molar-refractivity contribution in [1.82, 2.24) is 19.9 Å². The zero-order valence-electron chi connectivity index (χ0n) is 22.6. The summed E-state index contributed by atoms with van der Waals surface area (Å²) in [7, 11) is 0. The highest BCUT2D eigenvalue weighted by Gasteiger charge is 2.58. The Kier molecular flexibility index (Phi) is 8.78. The standard InChI is InChI=1S/C26H46N4O4/c1-11-19-33-29-23(3,4)21(31)27(25(29,7)8)17-15-13-14-16-18-28-22(32)24(5,6)30(26(28,9)10)34-20-12-2/h11-12H,1-2,13-20H2,3-10H3. The topological polar surface area (TPSA) is 65.6 Å². The zero-order chi connectivity index (χ0) is 25.9. The number of hydrogen-bond donors (Lipinski definition) is 0. The minimum Gasteiger partial charge on any atom is -0.321 e. The van der Waals surface area contributed by atoms with Crippen LogP contribution in [0, 0.1) is 0 Å². The molecule has 2 saturated heterocycles. The van der Waals surface area contributed by atoms with Crippen molar-refractivity contribution in [1.29, 1.82) is 0 Å². The van der Waals surface area contributed by atoms with E-state index in [1.54, 1.807) is 22.3 Å². The van der Waals surface area contributed by atoms with E-state index < -0.39 is 22.4 Å². The zero-order valence-corrected chi connectivity index (χ0v) is 22.6. The predicted molar refractivity (Wildman–Crippen MR) is 134 cm³/mol. The van der Waals surface area contributed by atoms with Gasteiger partial charge in [-0.2, -0.15) is 0 Å². The molecule has 0 aliphatic carbocycles. The Balaban J connectivity index is 1.87. The molecular formula is C26H46N4O4. The minimum atomic E-state index is -0.722. The van der Waals surface area contributed by atoms with E-state index >= 15 is 0 Å². The summed E-state index contributed by atoms with van der Waals surface area (Å²) < 4.78 is 0. The van der Waals surface area contributed by atoms with Gasteiger partial charge < -0.3 is 9.80 Å². The Bertz CT molecular complexity index is 711. The molecule has 0 aromatic heterocycles. The molecule has 2 amide bonds. The Labute approximate surface area is 206 Å². The molecule has 2 rings (SSSR count). The van der Waals surface area contributed by atoms with Gasteiger partial charge in [0.25, 0.3) is 0 Å². The lowest BCUT2D eigenvalue weighted by Gasteiger charge is -2.39. The second-order valence-corrected chi connectivity index (χ2v) is 11.2. The van der Waals surface area contributed by atoms with Crippen LogP contribution in [-0.2, 0) is 19.3 Å². The fourth-order valence-electron chi connectivity index (χ4n) is 5.46. The van der Waals surface area contributed by atoms with Gasteiger partial charge in [0, 0.05) is 13.1 Å². The Morgan fingerprint density at radius 3 is 1.26 bits per heavy atom. The number of hydrogen-bond acceptors (Lipinski definition) is 6. The van der Waals surface area contributed by atoms with Crippen LogP contribution >= 0.6 is 0 Å². The first-order valence-electron chi connectivity index (χ1n) is 12.4. The average molecular weight is 479 g/mol. The monoisotopic (exact) mass is 478 g/mol. The maximum Gasteiger partial charge on any atom is 0.246 e. The third-order valence-corrected chi connectivity index (χ3v) is 7.02. The molecule has 2 aliphatic heterocycles. The summed E-state index contributed by atoms with van der Waals surface area (Å²) >= 11 is 0. The van der Waals surface area contributed by atoms with E-state index in [1.165, 1.54) is 0 Å². The van der Waals surface area contributed by atoms with Gasteiger partial charge in [-0.15, -0.1) is 23.3 Å². The van der Waals surface area contributed by atoms with Crippen LogP contribution in [0.3, 0.4) is 0 Å². The van der Waals surface area contributed by atoms with Gasteiger partial charge in [0.2, 0.25) is 11.8 Å². The lowest BCUT2D eigenvalue weighted by molar-refractivity contribution is -0.246. The summed E-state index contributed by atoms with van der Waals surface area (Å²) in [6, 6.07) is 0. The van der Waals surface area contributed by atoms with Crippen LogP contribution in [0.1, 0.15) is 81.1 Å². The van der Waals surface area contributed by atoms with Crippen molar-refractivity contribution < 1.29 is 19.3 Å². The van der Waals surface area contributed by atoms with Crippen molar-refractivity contribution in [2.75, 3.05) is 26.3 Å². The molecule has 8 nitrogen and oxygen atoms in total. The summed E-state index contributed by atoms with van der Waals surface area (Å²) in [6.45, 7) is 25.2. The molecule has 0 atom stereocenters. The highest BCUT2D eigenvalue weighted by molar-refractivity contribution is 5.88. The van der Waals surface area contributed by atoms with Crippen molar-refractivity contribution in [3.63, 3.8) is 0 Å². The van der Waals surface area contributed by atoms with Gasteiger partial charge >= 0.3 is 0 Å². The van der Waals surface area contributed by atoms with Crippen LogP contribution in [0.4, 0.5) is 0 Å². The summed E-state index contributed by atoms with van der Waals surface area (Å²) in [6.07, 6.45) is 7.15. The normalized spacial score (nSPS) is 23.6. The van der Waals surface area contributed by atoms with Crippen LogP contribution in [0.2, 0.25) is 0 Å². The molecule has 0 aromatic carbocycles. The molecule has 0 saturated carbocycles. The Morgan fingerprint density at radius 1 is 0.647 bits per heavy atom. The van der Waals surface area contributed by atoms with Crippen molar-refractivity contribution in [3.05, 3.63) is 25.3 Å². The molecular weight excluding hydrogens is 432 g/mol. The highest BCUT2D eigenvalue weighted by Crippen LogP contribution is 2.40. The number of unbranched alkanes of at least 4 members (excludes halogenated alkanes) is 3. The van der Waals surface area contributed by atoms with Crippen molar-refractivity contribution in [2.24, 2.45) is 0 Å². The fourth-order valence-corrected chi connectivity index (χ4v) is 5.46. The molecule has 0 spiro atoms. The van der Waals surface area contributed by atoms with E-state index in [1.807, 2.05) is 65.2 Å². The number of amides is 2. The van der Waals surface area contributed by atoms with Gasteiger partial charge in [0.05, 0.1) is 13.2 Å². The average Bonchev–Trinajstić information content (AvgIpc) is 2.94. The summed E-state index contributed by atoms with van der Waals surface area (Å²) in [5.41, 5.74) is -2.51. The van der Waals surface area contributed by atoms with Gasteiger partial charge in [-0.25, -0.2) is 0 Å². The van der Waals surface area contributed by atoms with Crippen LogP contribution in [0.15, 0.2) is 25.3 Å². The van der Waals surface area contributed by atoms with Gasteiger partial charge in [-0.3, -0.25) is 19.3 Å². The maximum absolute atomic E-state index is 13.1. The van der Waals surface area contributed by atoms with Crippen molar-refractivity contribution in [2.45, 2.75) is 103 Å². The van der Waals surface area contributed by atoms with E-state index in [0.717, 1.165) is 25.7 Å². The summed E-state index contributed by atoms with van der Waals surface area (Å²) in [4.78, 5) is 41.7. The van der Waals surface area contributed by atoms with E-state index in [0.29, 0.717) is 26.3 Å². The molecule has 0 bridgehead atoms. The third kappa shape index (κ3) is 5.10. The van der Waals surface area contributed by atoms with E-state index in [2.05, 4.69) is 13.2 Å². The van der Waals surface area contributed by atoms with Crippen LogP contribution < -0.4 is 0 Å². The number of hydroxylamine groups is 4. The second-order valence-electron chi connectivity index (χ2n) is 11.2. The molecule has 0 N–H and O–H groups in total. The van der Waals surface area contributed by atoms with Gasteiger partial charge in [-0.05, 0) is 68.2 Å². The van der Waals surface area contributed by atoms with Crippen LogP contribution in [0.25, 0.3) is 0 Å². The molecule has 8 heteroatoms. The molecule has 2 heterocycles. The van der Waals surface area contributed by atoms with Gasteiger partial charge in [0.15, 0.2) is 0 Å². The maximum atomic E-state index is 13.1. The lowest BCUT2D eigenvalue weighted by Crippen LogP contribution is -2.52. The van der Waals surface area contributed by atoms with Crippen molar-refractivity contribution >= 4 is 11.8 Å². The third-order valence-electron chi connectivity index (χ3n) is 7.02. The predicted octanol–water partition coefficient (Wildman–Crippen LogP) is 4.10. The van der Waals surface area contributed by atoms with Crippen LogP contribution in [-0.4, -0.2) is 80.4 Å². The number of carbonyl (C=O) groups excluding carboxylic acids is 2. The first-order chi connectivity index (χ1) is 15.7. The lowest BCUT2D eigenvalue weighted by atomic mass is 10.1. The highest BCUT2D eigenvalue weighted by atomic mass is 16.7. The quantitative estimate of drug-likeness (QED) is 0.293. The second kappa shape index (κ2) is 10.5. The molecule has 0 aromatic rings. The smallest absolute Gasteiger partial charge is 0.246 e. The Hall–Kier alpha value is -1.74. The van der Waals surface area contributed by atoms with E-state index in [4.69, 9.17) is 9.68 Å². The fraction of sp³-hybridized carbons (Fsp3) is 0.769. The summed E-state index contributed by atoms with van der Waals surface area (Å²) in [5.74, 6) is 0.153. The number of nitrogens with zero attached hydrogens (tertiary/aromatic N) is 4. The molecule has 2 fully saturated rings. The molecule has 194 valence electrons. The molecule has 34 heavy (non-hydrogen) atoms. The Morgan fingerprint density at radius 2 is 0.971 bits per heavy atom. The number of carbonyl (C=O) groups is 2. The first kappa shape index (κ1) is 28.5. The van der Waals surface area contributed by atoms with E-state index in [-0.39, 0.29) is 11.8 Å². The van der Waals surface area contributed by atoms with Crippen LogP contribution in [0.5, 0.6) is 0 Å². The largest absolute Gasteiger partial charge is 0.321 e. The minimum absolute atomic E-state index is 0.0767. The number of rotatable bonds is 13. The molecule has 0 radical (unpaired) electrons. The van der Waals surface area contributed by atoms with Crippen molar-refractivity contribution in [3.8, 4) is 0 Å². The summed E-state index contributed by atoms with van der Waals surface area (Å²) in [5, 5.41) is 3.60. The SMILES string of the molecule is C=CCON1C(C)(C)C(=O)N(CCCCCCN2C(=O)C(C)(C)N(OCC=C)C2(C)C)C1(C)C. The van der Waals surface area contributed by atoms with E-state index in [9.17, 15) is 9.59 Å². The first-order valence-corrected chi connectivity index (χ1v) is 12.4.